The third kappa shape index (κ3) is 4.91. The number of nitrogens with one attached hydrogen (secondary N) is 1. The summed E-state index contributed by atoms with van der Waals surface area (Å²) >= 11 is 0. The van der Waals surface area contributed by atoms with Crippen LogP contribution < -0.4 is 4.72 Å². The van der Waals surface area contributed by atoms with Crippen molar-refractivity contribution < 1.29 is 26.7 Å². The Kier molecular flexibility index (Phi) is 4.39. The van der Waals surface area contributed by atoms with Crippen LogP contribution in [0.25, 0.3) is 0 Å². The van der Waals surface area contributed by atoms with Crippen molar-refractivity contribution in [2.75, 3.05) is 17.8 Å². The standard InChI is InChI=1S/C9H17NO6S2/c1-17(13,14)5-6-18(15,16)10-9(3-2-4-9)7-8(11)12/h10H,2-7H2,1H3,(H,11,12). The Labute approximate surface area is 107 Å². The predicted octanol–water partition coefficient (Wildman–Crippen LogP) is -0.652. The second kappa shape index (κ2) is 5.14. The van der Waals surface area contributed by atoms with Gasteiger partial charge in [-0.2, -0.15) is 0 Å². The summed E-state index contributed by atoms with van der Waals surface area (Å²) in [7, 11) is -7.13. The van der Waals surface area contributed by atoms with Crippen LogP contribution in [-0.2, 0) is 24.7 Å². The molecule has 0 spiro atoms. The van der Waals surface area contributed by atoms with Gasteiger partial charge in [-0.25, -0.2) is 21.6 Å². The molecule has 0 aromatic rings. The van der Waals surface area contributed by atoms with Crippen LogP contribution in [0.4, 0.5) is 0 Å². The number of rotatable bonds is 7. The fourth-order valence-electron chi connectivity index (χ4n) is 1.85. The summed E-state index contributed by atoms with van der Waals surface area (Å²) in [4.78, 5) is 10.7. The summed E-state index contributed by atoms with van der Waals surface area (Å²) in [5.74, 6) is -2.07. The van der Waals surface area contributed by atoms with E-state index < -0.39 is 42.9 Å². The normalized spacial score (nSPS) is 19.2. The van der Waals surface area contributed by atoms with Crippen molar-refractivity contribution in [2.24, 2.45) is 0 Å². The highest BCUT2D eigenvalue weighted by molar-refractivity contribution is 7.93. The number of aliphatic carboxylic acids is 1. The minimum Gasteiger partial charge on any atom is -0.481 e. The average molecular weight is 299 g/mol. The molecule has 9 heteroatoms. The summed E-state index contributed by atoms with van der Waals surface area (Å²) in [5.41, 5.74) is -0.928. The van der Waals surface area contributed by atoms with Gasteiger partial charge in [0.05, 0.1) is 17.9 Å². The molecule has 0 heterocycles. The molecule has 1 fully saturated rings. The predicted molar refractivity (Wildman–Crippen MR) is 65.5 cm³/mol. The number of hydrogen-bond acceptors (Lipinski definition) is 5. The van der Waals surface area contributed by atoms with E-state index >= 15 is 0 Å². The van der Waals surface area contributed by atoms with E-state index in [2.05, 4.69) is 4.72 Å². The number of sulfone groups is 1. The Morgan fingerprint density at radius 3 is 2.11 bits per heavy atom. The monoisotopic (exact) mass is 299 g/mol. The maximum atomic E-state index is 11.7. The molecule has 106 valence electrons. The van der Waals surface area contributed by atoms with Crippen molar-refractivity contribution in [3.63, 3.8) is 0 Å². The molecular formula is C9H17NO6S2. The molecule has 0 unspecified atom stereocenters. The minimum atomic E-state index is -3.77. The summed E-state index contributed by atoms with van der Waals surface area (Å²) in [6.07, 6.45) is 2.39. The summed E-state index contributed by atoms with van der Waals surface area (Å²) in [6, 6.07) is 0. The molecule has 0 amide bonds. The molecule has 1 rings (SSSR count). The number of hydrogen-bond donors (Lipinski definition) is 2. The maximum absolute atomic E-state index is 11.7. The lowest BCUT2D eigenvalue weighted by Crippen LogP contribution is -2.55. The largest absolute Gasteiger partial charge is 0.481 e. The number of carboxylic acids is 1. The summed E-state index contributed by atoms with van der Waals surface area (Å²) in [6.45, 7) is 0. The highest BCUT2D eigenvalue weighted by Crippen LogP contribution is 2.35. The van der Waals surface area contributed by atoms with Gasteiger partial charge in [0.1, 0.15) is 9.84 Å². The zero-order valence-corrected chi connectivity index (χ0v) is 11.7. The molecule has 0 radical (unpaired) electrons. The zero-order chi connectivity index (χ0) is 14.0. The van der Waals surface area contributed by atoms with Gasteiger partial charge >= 0.3 is 5.97 Å². The van der Waals surface area contributed by atoms with E-state index in [1.807, 2.05) is 0 Å². The molecular weight excluding hydrogens is 282 g/mol. The van der Waals surface area contributed by atoms with Crippen molar-refractivity contribution in [3.8, 4) is 0 Å². The van der Waals surface area contributed by atoms with Crippen LogP contribution >= 0.6 is 0 Å². The van der Waals surface area contributed by atoms with Gasteiger partial charge in [-0.3, -0.25) is 4.79 Å². The van der Waals surface area contributed by atoms with Crippen molar-refractivity contribution in [2.45, 2.75) is 31.2 Å². The van der Waals surface area contributed by atoms with E-state index in [0.717, 1.165) is 12.7 Å². The summed E-state index contributed by atoms with van der Waals surface area (Å²) < 4.78 is 47.6. The molecule has 2 N–H and O–H groups in total. The highest BCUT2D eigenvalue weighted by Gasteiger charge is 2.42. The fraction of sp³-hybridized carbons (Fsp3) is 0.889. The molecule has 1 aliphatic carbocycles. The van der Waals surface area contributed by atoms with Crippen LogP contribution in [-0.4, -0.2) is 51.2 Å². The highest BCUT2D eigenvalue weighted by atomic mass is 32.2. The number of carbonyl (C=O) groups is 1. The first-order chi connectivity index (χ1) is 8.04. The first-order valence-corrected chi connectivity index (χ1v) is 9.16. The zero-order valence-electron chi connectivity index (χ0n) is 10.0. The third-order valence-corrected chi connectivity index (χ3v) is 5.58. The van der Waals surface area contributed by atoms with Gasteiger partial charge in [-0.05, 0) is 19.3 Å². The lowest BCUT2D eigenvalue weighted by molar-refractivity contribution is -0.139. The fourth-order valence-corrected chi connectivity index (χ4v) is 4.98. The van der Waals surface area contributed by atoms with Crippen molar-refractivity contribution in [1.29, 1.82) is 0 Å². The SMILES string of the molecule is CS(=O)(=O)CCS(=O)(=O)NC1(CC(=O)O)CCC1. The van der Waals surface area contributed by atoms with Crippen molar-refractivity contribution >= 4 is 25.8 Å². The Hall–Kier alpha value is -0.670. The molecule has 0 atom stereocenters. The van der Waals surface area contributed by atoms with E-state index in [1.54, 1.807) is 0 Å². The van der Waals surface area contributed by atoms with Gasteiger partial charge in [-0.1, -0.05) is 0 Å². The van der Waals surface area contributed by atoms with E-state index in [0.29, 0.717) is 12.8 Å². The molecule has 0 aliphatic heterocycles. The second-order valence-corrected chi connectivity index (χ2v) is 8.86. The van der Waals surface area contributed by atoms with Crippen LogP contribution in [0.15, 0.2) is 0 Å². The van der Waals surface area contributed by atoms with Crippen LogP contribution in [0.1, 0.15) is 25.7 Å². The smallest absolute Gasteiger partial charge is 0.305 e. The van der Waals surface area contributed by atoms with Crippen LogP contribution in [0.3, 0.4) is 0 Å². The second-order valence-electron chi connectivity index (χ2n) is 4.76. The molecule has 0 aromatic heterocycles. The van der Waals surface area contributed by atoms with Gasteiger partial charge in [0.15, 0.2) is 0 Å². The maximum Gasteiger partial charge on any atom is 0.305 e. The molecule has 18 heavy (non-hydrogen) atoms. The van der Waals surface area contributed by atoms with Crippen LogP contribution in [0, 0.1) is 0 Å². The molecule has 7 nitrogen and oxygen atoms in total. The van der Waals surface area contributed by atoms with E-state index in [4.69, 9.17) is 5.11 Å². The van der Waals surface area contributed by atoms with E-state index in [1.165, 1.54) is 0 Å². The van der Waals surface area contributed by atoms with Gasteiger partial charge < -0.3 is 5.11 Å². The lowest BCUT2D eigenvalue weighted by Gasteiger charge is -2.40. The molecule has 0 aromatic carbocycles. The van der Waals surface area contributed by atoms with Crippen LogP contribution in [0.5, 0.6) is 0 Å². The van der Waals surface area contributed by atoms with Crippen molar-refractivity contribution in [1.82, 2.24) is 4.72 Å². The molecule has 0 bridgehead atoms. The minimum absolute atomic E-state index is 0.273. The molecule has 1 aliphatic rings. The van der Waals surface area contributed by atoms with E-state index in [-0.39, 0.29) is 6.42 Å². The quantitative estimate of drug-likeness (QED) is 0.645. The Balaban J connectivity index is 2.66. The van der Waals surface area contributed by atoms with E-state index in [9.17, 15) is 21.6 Å². The lowest BCUT2D eigenvalue weighted by atomic mass is 9.75. The molecule has 0 saturated heterocycles. The average Bonchev–Trinajstić information content (AvgIpc) is 2.09. The van der Waals surface area contributed by atoms with Gasteiger partial charge in [-0.15, -0.1) is 0 Å². The topological polar surface area (TPSA) is 118 Å². The van der Waals surface area contributed by atoms with Gasteiger partial charge in [0.25, 0.3) is 0 Å². The first-order valence-electron chi connectivity index (χ1n) is 5.45. The number of carboxylic acid groups (broad SMARTS) is 1. The van der Waals surface area contributed by atoms with Gasteiger partial charge in [0.2, 0.25) is 10.0 Å². The summed E-state index contributed by atoms with van der Waals surface area (Å²) in [5, 5.41) is 8.74. The third-order valence-electron chi connectivity index (χ3n) is 2.90. The Morgan fingerprint density at radius 2 is 1.78 bits per heavy atom. The van der Waals surface area contributed by atoms with Gasteiger partial charge in [0, 0.05) is 11.8 Å². The van der Waals surface area contributed by atoms with Crippen LogP contribution in [0.2, 0.25) is 0 Å². The molecule has 1 saturated carbocycles. The first kappa shape index (κ1) is 15.4. The number of sulfonamides is 1. The Morgan fingerprint density at radius 1 is 1.22 bits per heavy atom. The Bertz CT molecular complexity index is 517. The van der Waals surface area contributed by atoms with Crippen molar-refractivity contribution in [3.05, 3.63) is 0 Å².